The second-order valence-electron chi connectivity index (χ2n) is 5.78. The Hall–Kier alpha value is -2.84. The van der Waals surface area contributed by atoms with E-state index in [1.54, 1.807) is 33.6 Å². The molecular weight excluding hydrogens is 384 g/mol. The van der Waals surface area contributed by atoms with Crippen LogP contribution in [-0.4, -0.2) is 35.1 Å². The van der Waals surface area contributed by atoms with E-state index < -0.39 is 0 Å². The summed E-state index contributed by atoms with van der Waals surface area (Å²) in [4.78, 5) is 0. The number of rotatable bonds is 5. The molecule has 0 aliphatic rings. The van der Waals surface area contributed by atoms with Gasteiger partial charge in [0.25, 0.3) is 0 Å². The van der Waals surface area contributed by atoms with Crippen LogP contribution in [0.5, 0.6) is 5.75 Å². The minimum Gasteiger partial charge on any atom is -0.508 e. The number of aryl methyl sites for hydroxylation is 1. The van der Waals surface area contributed by atoms with E-state index in [9.17, 15) is 5.11 Å². The van der Waals surface area contributed by atoms with Crippen LogP contribution in [0.15, 0.2) is 59.8 Å². The van der Waals surface area contributed by atoms with E-state index in [0.29, 0.717) is 16.1 Å². The number of aromatic hydroxyl groups is 1. The van der Waals surface area contributed by atoms with Gasteiger partial charge in [0.2, 0.25) is 5.16 Å². The summed E-state index contributed by atoms with van der Waals surface area (Å²) in [6, 6.07) is 16.5. The van der Waals surface area contributed by atoms with Crippen LogP contribution in [0.4, 0.5) is 0 Å². The fourth-order valence-electron chi connectivity index (χ4n) is 2.60. The molecule has 2 aromatic carbocycles. The van der Waals surface area contributed by atoms with Crippen LogP contribution in [-0.2, 0) is 5.75 Å². The molecule has 4 rings (SSSR count). The van der Waals surface area contributed by atoms with Gasteiger partial charge in [0.15, 0.2) is 0 Å². The van der Waals surface area contributed by atoms with E-state index in [2.05, 4.69) is 20.6 Å². The normalized spacial score (nSPS) is 11.0. The van der Waals surface area contributed by atoms with E-state index in [1.807, 2.05) is 37.3 Å². The highest BCUT2D eigenvalue weighted by Gasteiger charge is 2.17. The average Bonchev–Trinajstić information content (AvgIpc) is 3.26. The van der Waals surface area contributed by atoms with Gasteiger partial charge < -0.3 is 5.11 Å². The summed E-state index contributed by atoms with van der Waals surface area (Å²) < 4.78 is 3.35. The zero-order valence-corrected chi connectivity index (χ0v) is 15.9. The van der Waals surface area contributed by atoms with Crippen LogP contribution in [0.1, 0.15) is 11.3 Å². The number of aromatic nitrogens is 6. The molecule has 0 unspecified atom stereocenters. The van der Waals surface area contributed by atoms with E-state index in [-0.39, 0.29) is 5.75 Å². The molecule has 0 aliphatic carbocycles. The van der Waals surface area contributed by atoms with Gasteiger partial charge in [-0.3, -0.25) is 0 Å². The lowest BCUT2D eigenvalue weighted by Crippen LogP contribution is -1.99. The highest BCUT2D eigenvalue weighted by molar-refractivity contribution is 7.98. The first-order chi connectivity index (χ1) is 13.1. The summed E-state index contributed by atoms with van der Waals surface area (Å²) in [5.41, 5.74) is 3.48. The van der Waals surface area contributed by atoms with Crippen LogP contribution >= 0.6 is 23.4 Å². The third-order valence-electron chi connectivity index (χ3n) is 4.00. The predicted octanol–water partition coefficient (Wildman–Crippen LogP) is 3.81. The number of hydrogen-bond acceptors (Lipinski definition) is 6. The summed E-state index contributed by atoms with van der Waals surface area (Å²) in [6.45, 7) is 1.93. The van der Waals surface area contributed by atoms with Gasteiger partial charge in [0.1, 0.15) is 10.9 Å². The molecule has 2 aromatic heterocycles. The monoisotopic (exact) mass is 398 g/mol. The fourth-order valence-corrected chi connectivity index (χ4v) is 3.99. The van der Waals surface area contributed by atoms with Gasteiger partial charge in [-0.2, -0.15) is 9.78 Å². The molecule has 0 fully saturated rings. The topological polar surface area (TPSA) is 81.7 Å². The fraction of sp³-hybridized carbons (Fsp3) is 0.111. The molecule has 27 heavy (non-hydrogen) atoms. The third-order valence-corrected chi connectivity index (χ3v) is 5.34. The summed E-state index contributed by atoms with van der Waals surface area (Å²) in [6.07, 6.45) is 0. The summed E-state index contributed by atoms with van der Waals surface area (Å²) in [5, 5.41) is 27.1. The number of phenols is 1. The molecule has 0 saturated heterocycles. The van der Waals surface area contributed by atoms with Gasteiger partial charge in [-0.25, -0.2) is 4.68 Å². The number of nitrogens with zero attached hydrogens (tertiary/aromatic N) is 6. The Balaban J connectivity index is 1.58. The summed E-state index contributed by atoms with van der Waals surface area (Å²) >= 11 is 8.05. The highest BCUT2D eigenvalue weighted by Crippen LogP contribution is 2.30. The maximum atomic E-state index is 9.44. The molecule has 2 heterocycles. The van der Waals surface area contributed by atoms with E-state index >= 15 is 0 Å². The maximum Gasteiger partial charge on any atom is 0.214 e. The van der Waals surface area contributed by atoms with E-state index in [0.717, 1.165) is 22.6 Å². The van der Waals surface area contributed by atoms with Gasteiger partial charge in [-0.05, 0) is 53.7 Å². The van der Waals surface area contributed by atoms with Gasteiger partial charge >= 0.3 is 0 Å². The Kier molecular flexibility index (Phi) is 4.83. The van der Waals surface area contributed by atoms with Crippen molar-refractivity contribution in [2.45, 2.75) is 17.8 Å². The molecule has 136 valence electrons. The first-order valence-corrected chi connectivity index (χ1v) is 9.50. The van der Waals surface area contributed by atoms with Gasteiger partial charge in [-0.15, -0.1) is 5.10 Å². The molecule has 0 radical (unpaired) electrons. The molecule has 0 bridgehead atoms. The van der Waals surface area contributed by atoms with Crippen LogP contribution < -0.4 is 0 Å². The van der Waals surface area contributed by atoms with Crippen LogP contribution in [0.3, 0.4) is 0 Å². The standard InChI is InChI=1S/C18H15ClN6OS/c1-12-16(17(19)24(21-12)13-5-3-2-4-6-13)11-27-18-20-22-23-25(18)14-7-9-15(26)10-8-14/h2-10,26H,11H2,1H3. The first-order valence-electron chi connectivity index (χ1n) is 8.13. The molecule has 1 N–H and O–H groups in total. The molecule has 0 saturated carbocycles. The quantitative estimate of drug-likeness (QED) is 0.515. The van der Waals surface area contributed by atoms with Crippen molar-refractivity contribution in [2.24, 2.45) is 0 Å². The average molecular weight is 399 g/mol. The minimum absolute atomic E-state index is 0.191. The lowest BCUT2D eigenvalue weighted by atomic mass is 10.3. The molecule has 0 aliphatic heterocycles. The molecule has 4 aromatic rings. The predicted molar refractivity (Wildman–Crippen MR) is 104 cm³/mol. The molecule has 0 spiro atoms. The Morgan fingerprint density at radius 3 is 2.44 bits per heavy atom. The largest absolute Gasteiger partial charge is 0.508 e. The Morgan fingerprint density at radius 2 is 1.70 bits per heavy atom. The maximum absolute atomic E-state index is 9.44. The highest BCUT2D eigenvalue weighted by atomic mass is 35.5. The van der Waals surface area contributed by atoms with Gasteiger partial charge in [0.05, 0.1) is 17.1 Å². The number of halogens is 1. The van der Waals surface area contributed by atoms with Crippen molar-refractivity contribution in [3.63, 3.8) is 0 Å². The van der Waals surface area contributed by atoms with Crippen molar-refractivity contribution in [1.82, 2.24) is 30.0 Å². The lowest BCUT2D eigenvalue weighted by Gasteiger charge is -2.05. The second kappa shape index (κ2) is 7.42. The first kappa shape index (κ1) is 17.6. The Morgan fingerprint density at radius 1 is 1.00 bits per heavy atom. The minimum atomic E-state index is 0.191. The molecule has 0 atom stereocenters. The molecule has 7 nitrogen and oxygen atoms in total. The van der Waals surface area contributed by atoms with Gasteiger partial charge in [0, 0.05) is 11.3 Å². The van der Waals surface area contributed by atoms with E-state index in [4.69, 9.17) is 11.6 Å². The van der Waals surface area contributed by atoms with Gasteiger partial charge in [-0.1, -0.05) is 41.6 Å². The molecule has 9 heteroatoms. The second-order valence-corrected chi connectivity index (χ2v) is 7.08. The Labute approximate surface area is 164 Å². The smallest absolute Gasteiger partial charge is 0.214 e. The third kappa shape index (κ3) is 3.54. The zero-order chi connectivity index (χ0) is 18.8. The number of benzene rings is 2. The zero-order valence-electron chi connectivity index (χ0n) is 14.3. The summed E-state index contributed by atoms with van der Waals surface area (Å²) in [5.74, 6) is 0.771. The molecule has 0 amide bonds. The van der Waals surface area contributed by atoms with Crippen molar-refractivity contribution in [1.29, 1.82) is 0 Å². The van der Waals surface area contributed by atoms with Crippen molar-refractivity contribution in [3.05, 3.63) is 71.0 Å². The SMILES string of the molecule is Cc1nn(-c2ccccc2)c(Cl)c1CSc1nnnn1-c1ccc(O)cc1. The number of tetrazole rings is 1. The number of hydrogen-bond donors (Lipinski definition) is 1. The van der Waals surface area contributed by atoms with Crippen molar-refractivity contribution in [3.8, 4) is 17.1 Å². The number of phenolic OH excluding ortho intramolecular Hbond substituents is 1. The number of thioether (sulfide) groups is 1. The number of para-hydroxylation sites is 1. The summed E-state index contributed by atoms with van der Waals surface area (Å²) in [7, 11) is 0. The molecular formula is C18H15ClN6OS. The van der Waals surface area contributed by atoms with Crippen LogP contribution in [0.25, 0.3) is 11.4 Å². The van der Waals surface area contributed by atoms with E-state index in [1.165, 1.54) is 11.8 Å². The Bertz CT molecular complexity index is 1060. The van der Waals surface area contributed by atoms with Crippen molar-refractivity contribution < 1.29 is 5.11 Å². The lowest BCUT2D eigenvalue weighted by molar-refractivity contribution is 0.475. The van der Waals surface area contributed by atoms with Crippen LogP contribution in [0.2, 0.25) is 5.15 Å². The van der Waals surface area contributed by atoms with Crippen LogP contribution in [0, 0.1) is 6.92 Å². The van der Waals surface area contributed by atoms with Crippen molar-refractivity contribution >= 4 is 23.4 Å². The van der Waals surface area contributed by atoms with Crippen molar-refractivity contribution in [2.75, 3.05) is 0 Å².